The van der Waals surface area contributed by atoms with Crippen LogP contribution in [0.1, 0.15) is 44.6 Å². The van der Waals surface area contributed by atoms with Gasteiger partial charge in [0.1, 0.15) is 0 Å². The molecule has 1 N–H and O–H groups in total. The van der Waals surface area contributed by atoms with Gasteiger partial charge in [-0.05, 0) is 25.0 Å². The Morgan fingerprint density at radius 3 is 2.87 bits per heavy atom. The van der Waals surface area contributed by atoms with Crippen LogP contribution in [-0.2, 0) is 11.3 Å². The van der Waals surface area contributed by atoms with E-state index in [0.29, 0.717) is 24.9 Å². The van der Waals surface area contributed by atoms with Crippen LogP contribution >= 0.6 is 0 Å². The maximum absolute atomic E-state index is 12.4. The van der Waals surface area contributed by atoms with Crippen LogP contribution < -0.4 is 10.9 Å². The number of fused-ring (bicyclic) bond motifs is 1. The minimum Gasteiger partial charge on any atom is -0.356 e. The number of benzene rings is 1. The summed E-state index contributed by atoms with van der Waals surface area (Å²) in [6.07, 6.45) is 6.37. The first-order valence-corrected chi connectivity index (χ1v) is 8.35. The summed E-state index contributed by atoms with van der Waals surface area (Å²) in [7, 11) is 0. The van der Waals surface area contributed by atoms with E-state index in [-0.39, 0.29) is 11.5 Å². The van der Waals surface area contributed by atoms with Crippen molar-refractivity contribution in [3.05, 3.63) is 40.4 Å². The highest BCUT2D eigenvalue weighted by Gasteiger charge is 2.07. The van der Waals surface area contributed by atoms with Crippen molar-refractivity contribution in [1.82, 2.24) is 14.9 Å². The third kappa shape index (κ3) is 4.65. The van der Waals surface area contributed by atoms with E-state index < -0.39 is 0 Å². The van der Waals surface area contributed by atoms with Gasteiger partial charge in [-0.15, -0.1) is 0 Å². The first kappa shape index (κ1) is 17.2. The monoisotopic (exact) mass is 315 g/mol. The van der Waals surface area contributed by atoms with Gasteiger partial charge in [0.2, 0.25) is 5.91 Å². The van der Waals surface area contributed by atoms with Gasteiger partial charge in [-0.25, -0.2) is 4.98 Å². The zero-order valence-electron chi connectivity index (χ0n) is 14.0. The van der Waals surface area contributed by atoms with E-state index in [0.717, 1.165) is 23.9 Å². The van der Waals surface area contributed by atoms with Gasteiger partial charge in [0.25, 0.3) is 5.56 Å². The number of aromatic nitrogens is 2. The molecule has 5 nitrogen and oxygen atoms in total. The van der Waals surface area contributed by atoms with Crippen molar-refractivity contribution in [2.75, 3.05) is 6.54 Å². The van der Waals surface area contributed by atoms with Crippen LogP contribution in [0.4, 0.5) is 0 Å². The summed E-state index contributed by atoms with van der Waals surface area (Å²) in [6, 6.07) is 5.57. The van der Waals surface area contributed by atoms with Gasteiger partial charge in [-0.2, -0.15) is 0 Å². The summed E-state index contributed by atoms with van der Waals surface area (Å²) >= 11 is 0. The molecule has 1 amide bonds. The molecular formula is C18H25N3O2. The van der Waals surface area contributed by atoms with Gasteiger partial charge in [-0.1, -0.05) is 38.3 Å². The van der Waals surface area contributed by atoms with Gasteiger partial charge in [0.05, 0.1) is 17.2 Å². The summed E-state index contributed by atoms with van der Waals surface area (Å²) in [5, 5.41) is 3.51. The van der Waals surface area contributed by atoms with E-state index in [4.69, 9.17) is 0 Å². The molecule has 2 rings (SSSR count). The quantitative estimate of drug-likeness (QED) is 0.762. The lowest BCUT2D eigenvalue weighted by atomic mass is 10.1. The molecule has 0 atom stereocenters. The highest BCUT2D eigenvalue weighted by atomic mass is 16.1. The second kappa shape index (κ2) is 8.46. The van der Waals surface area contributed by atoms with Crippen molar-refractivity contribution in [2.45, 2.75) is 52.5 Å². The van der Waals surface area contributed by atoms with Crippen molar-refractivity contribution in [2.24, 2.45) is 0 Å². The molecular weight excluding hydrogens is 290 g/mol. The normalized spacial score (nSPS) is 10.9. The number of hydrogen-bond donors (Lipinski definition) is 1. The number of hydrogen-bond acceptors (Lipinski definition) is 3. The first-order chi connectivity index (χ1) is 11.1. The Labute approximate surface area is 136 Å². The molecule has 0 aliphatic carbocycles. The van der Waals surface area contributed by atoms with E-state index in [2.05, 4.69) is 17.2 Å². The fraction of sp³-hybridized carbons (Fsp3) is 0.500. The molecule has 5 heteroatoms. The van der Waals surface area contributed by atoms with Crippen LogP contribution in [0.3, 0.4) is 0 Å². The summed E-state index contributed by atoms with van der Waals surface area (Å²) in [4.78, 5) is 28.6. The number of carbonyl (C=O) groups excluding carboxylic acids is 1. The van der Waals surface area contributed by atoms with Crippen LogP contribution in [0.15, 0.2) is 29.3 Å². The topological polar surface area (TPSA) is 64.0 Å². The smallest absolute Gasteiger partial charge is 0.261 e. The Kier molecular flexibility index (Phi) is 6.32. The zero-order chi connectivity index (χ0) is 16.7. The third-order valence-electron chi connectivity index (χ3n) is 3.99. The summed E-state index contributed by atoms with van der Waals surface area (Å²) < 4.78 is 1.51. The molecule has 0 aliphatic rings. The minimum atomic E-state index is -0.0885. The van der Waals surface area contributed by atoms with Crippen molar-refractivity contribution in [3.8, 4) is 0 Å². The van der Waals surface area contributed by atoms with Crippen molar-refractivity contribution in [3.63, 3.8) is 0 Å². The van der Waals surface area contributed by atoms with Crippen molar-refractivity contribution >= 4 is 16.8 Å². The standard InChI is InChI=1S/C18H25N3O2/c1-3-4-5-6-11-19-16(22)10-12-21-13-20-17-14(2)8-7-9-15(17)18(21)23/h7-9,13H,3-6,10-12H2,1-2H3,(H,19,22). The lowest BCUT2D eigenvalue weighted by molar-refractivity contribution is -0.121. The minimum absolute atomic E-state index is 0.0160. The predicted molar refractivity (Wildman–Crippen MR) is 92.5 cm³/mol. The number of para-hydroxylation sites is 1. The summed E-state index contributed by atoms with van der Waals surface area (Å²) in [5.74, 6) is -0.0160. The second-order valence-electron chi connectivity index (χ2n) is 5.87. The van der Waals surface area contributed by atoms with Gasteiger partial charge in [-0.3, -0.25) is 14.2 Å². The third-order valence-corrected chi connectivity index (χ3v) is 3.99. The maximum atomic E-state index is 12.4. The lowest BCUT2D eigenvalue weighted by Gasteiger charge is -2.08. The van der Waals surface area contributed by atoms with Crippen LogP contribution in [0, 0.1) is 6.92 Å². The first-order valence-electron chi connectivity index (χ1n) is 8.35. The average molecular weight is 315 g/mol. The number of amides is 1. The molecule has 0 radical (unpaired) electrons. The molecule has 0 saturated heterocycles. The molecule has 0 bridgehead atoms. The van der Waals surface area contributed by atoms with Crippen molar-refractivity contribution in [1.29, 1.82) is 0 Å². The highest BCUT2D eigenvalue weighted by Crippen LogP contribution is 2.11. The average Bonchev–Trinajstić information content (AvgIpc) is 2.55. The Balaban J connectivity index is 1.91. The zero-order valence-corrected chi connectivity index (χ0v) is 14.0. The van der Waals surface area contributed by atoms with E-state index >= 15 is 0 Å². The number of unbranched alkanes of at least 4 members (excludes halogenated alkanes) is 3. The largest absolute Gasteiger partial charge is 0.356 e. The molecule has 0 unspecified atom stereocenters. The fourth-order valence-corrected chi connectivity index (χ4v) is 2.59. The molecule has 0 spiro atoms. The van der Waals surface area contributed by atoms with Gasteiger partial charge in [0, 0.05) is 19.5 Å². The number of nitrogens with one attached hydrogen (secondary N) is 1. The fourth-order valence-electron chi connectivity index (χ4n) is 2.59. The van der Waals surface area contributed by atoms with Crippen LogP contribution in [-0.4, -0.2) is 22.0 Å². The molecule has 2 aromatic rings. The molecule has 124 valence electrons. The van der Waals surface area contributed by atoms with Crippen LogP contribution in [0.25, 0.3) is 10.9 Å². The summed E-state index contributed by atoms with van der Waals surface area (Å²) in [5.41, 5.74) is 1.63. The molecule has 1 aromatic heterocycles. The highest BCUT2D eigenvalue weighted by molar-refractivity contribution is 5.80. The predicted octanol–water partition coefficient (Wildman–Crippen LogP) is 2.79. The van der Waals surface area contributed by atoms with E-state index in [9.17, 15) is 9.59 Å². The number of rotatable bonds is 8. The van der Waals surface area contributed by atoms with Gasteiger partial charge >= 0.3 is 0 Å². The summed E-state index contributed by atoms with van der Waals surface area (Å²) in [6.45, 7) is 5.17. The van der Waals surface area contributed by atoms with E-state index in [1.54, 1.807) is 6.07 Å². The number of aryl methyl sites for hydroxylation is 2. The number of nitrogens with zero attached hydrogens (tertiary/aromatic N) is 2. The van der Waals surface area contributed by atoms with E-state index in [1.165, 1.54) is 23.7 Å². The molecule has 1 heterocycles. The Morgan fingerprint density at radius 2 is 2.09 bits per heavy atom. The molecule has 1 aromatic carbocycles. The lowest BCUT2D eigenvalue weighted by Crippen LogP contribution is -2.28. The van der Waals surface area contributed by atoms with Crippen molar-refractivity contribution < 1.29 is 4.79 Å². The Bertz CT molecular complexity index is 722. The molecule has 0 aliphatic heterocycles. The van der Waals surface area contributed by atoms with E-state index in [1.807, 2.05) is 19.1 Å². The van der Waals surface area contributed by atoms with Crippen LogP contribution in [0.2, 0.25) is 0 Å². The van der Waals surface area contributed by atoms with Gasteiger partial charge in [0.15, 0.2) is 0 Å². The molecule has 23 heavy (non-hydrogen) atoms. The second-order valence-corrected chi connectivity index (χ2v) is 5.87. The number of carbonyl (C=O) groups is 1. The molecule has 0 fully saturated rings. The Hall–Kier alpha value is -2.17. The van der Waals surface area contributed by atoms with Gasteiger partial charge < -0.3 is 5.32 Å². The SMILES string of the molecule is CCCCCCNC(=O)CCn1cnc2c(C)cccc2c1=O. The molecule has 0 saturated carbocycles. The Morgan fingerprint density at radius 1 is 1.26 bits per heavy atom. The van der Waals surface area contributed by atoms with Crippen LogP contribution in [0.5, 0.6) is 0 Å². The maximum Gasteiger partial charge on any atom is 0.261 e.